The van der Waals surface area contributed by atoms with Crippen molar-refractivity contribution in [2.45, 2.75) is 9.79 Å². The van der Waals surface area contributed by atoms with E-state index >= 15 is 0 Å². The van der Waals surface area contributed by atoms with E-state index in [2.05, 4.69) is 29.8 Å². The largest absolute Gasteiger partial charge is 0.505 e. The molecule has 39 heavy (non-hydrogen) atoms. The second-order valence-corrected chi connectivity index (χ2v) is 10.8. The van der Waals surface area contributed by atoms with Gasteiger partial charge in [0.05, 0.1) is 29.6 Å². The highest BCUT2D eigenvalue weighted by Crippen LogP contribution is 2.48. The Balaban J connectivity index is 2.02. The highest BCUT2D eigenvalue weighted by Gasteiger charge is 2.28. The molecule has 4 aromatic carbocycles. The Morgan fingerprint density at radius 1 is 0.769 bits per heavy atom. The molecular formula is C23H18N6O8S2. The minimum atomic E-state index is -4.99. The van der Waals surface area contributed by atoms with E-state index in [4.69, 9.17) is 5.73 Å². The second kappa shape index (κ2) is 10.6. The van der Waals surface area contributed by atoms with Gasteiger partial charge in [-0.2, -0.15) is 27.1 Å². The summed E-state index contributed by atoms with van der Waals surface area (Å²) in [5.41, 5.74) is 5.36. The summed E-state index contributed by atoms with van der Waals surface area (Å²) in [6, 6.07) is 15.4. The van der Waals surface area contributed by atoms with Gasteiger partial charge >= 0.3 is 0 Å². The normalized spacial score (nSPS) is 12.5. The van der Waals surface area contributed by atoms with Gasteiger partial charge < -0.3 is 10.8 Å². The van der Waals surface area contributed by atoms with Crippen LogP contribution in [0.25, 0.3) is 10.8 Å². The summed E-state index contributed by atoms with van der Waals surface area (Å²) < 4.78 is 64.2. The van der Waals surface area contributed by atoms with Crippen LogP contribution in [0.3, 0.4) is 0 Å². The van der Waals surface area contributed by atoms with Crippen molar-refractivity contribution < 1.29 is 30.7 Å². The van der Waals surface area contributed by atoms with Gasteiger partial charge in [-0.3, -0.25) is 8.74 Å². The van der Waals surface area contributed by atoms with Crippen molar-refractivity contribution in [1.82, 2.24) is 0 Å². The first-order valence-electron chi connectivity index (χ1n) is 10.7. The first kappa shape index (κ1) is 27.4. The summed E-state index contributed by atoms with van der Waals surface area (Å²) in [6.45, 7) is 0. The second-order valence-electron chi connectivity index (χ2n) is 7.75. The van der Waals surface area contributed by atoms with Gasteiger partial charge in [0, 0.05) is 0 Å². The van der Waals surface area contributed by atoms with Gasteiger partial charge in [0.15, 0.2) is 5.75 Å². The Morgan fingerprint density at radius 2 is 1.31 bits per heavy atom. The number of benzene rings is 4. The number of hydrogen-bond acceptors (Lipinski definition) is 13. The number of nitrogens with two attached hydrogens (primary N) is 1. The fourth-order valence-electron chi connectivity index (χ4n) is 3.48. The maximum atomic E-state index is 12.7. The molecule has 0 atom stereocenters. The lowest BCUT2D eigenvalue weighted by Crippen LogP contribution is -2.06. The maximum Gasteiger partial charge on any atom is 0.299 e. The number of anilines is 1. The van der Waals surface area contributed by atoms with E-state index < -0.39 is 52.8 Å². The van der Waals surface area contributed by atoms with Crippen molar-refractivity contribution in [3.63, 3.8) is 0 Å². The van der Waals surface area contributed by atoms with Crippen LogP contribution in [0, 0.1) is 4.91 Å². The van der Waals surface area contributed by atoms with Crippen LogP contribution in [0.5, 0.6) is 5.75 Å². The van der Waals surface area contributed by atoms with Gasteiger partial charge in [0.25, 0.3) is 20.2 Å². The molecule has 0 amide bonds. The third-order valence-electron chi connectivity index (χ3n) is 5.32. The van der Waals surface area contributed by atoms with Crippen LogP contribution >= 0.6 is 0 Å². The zero-order chi connectivity index (χ0) is 28.4. The molecule has 200 valence electrons. The highest BCUT2D eigenvalue weighted by atomic mass is 32.2. The van der Waals surface area contributed by atoms with E-state index in [1.165, 1.54) is 24.3 Å². The Morgan fingerprint density at radius 3 is 1.87 bits per heavy atom. The molecule has 4 N–H and O–H groups in total. The van der Waals surface area contributed by atoms with Gasteiger partial charge in [0.2, 0.25) is 0 Å². The van der Waals surface area contributed by atoms with Crippen molar-refractivity contribution in [3.05, 3.63) is 71.6 Å². The van der Waals surface area contributed by atoms with E-state index in [1.54, 1.807) is 30.3 Å². The average Bonchev–Trinajstić information content (AvgIpc) is 2.91. The van der Waals surface area contributed by atoms with E-state index in [0.29, 0.717) is 5.69 Å². The Kier molecular flexibility index (Phi) is 7.46. The summed E-state index contributed by atoms with van der Waals surface area (Å²) in [4.78, 5) is 9.17. The number of aromatic hydroxyl groups is 1. The molecule has 0 radical (unpaired) electrons. The number of fused-ring (bicyclic) bond motifs is 1. The molecule has 0 heterocycles. The van der Waals surface area contributed by atoms with E-state index in [9.17, 15) is 31.4 Å². The lowest BCUT2D eigenvalue weighted by Gasteiger charge is -2.14. The number of nitroso groups, excluding NO2 is 1. The number of hydrogen-bond donors (Lipinski definition) is 3. The molecule has 0 aromatic heterocycles. The van der Waals surface area contributed by atoms with Crippen LogP contribution in [0.2, 0.25) is 0 Å². The van der Waals surface area contributed by atoms with Gasteiger partial charge in [-0.15, -0.1) is 15.1 Å². The quantitative estimate of drug-likeness (QED) is 0.0748. The van der Waals surface area contributed by atoms with Crippen LogP contribution in [0.1, 0.15) is 0 Å². The van der Waals surface area contributed by atoms with Crippen molar-refractivity contribution >= 4 is 65.1 Å². The molecule has 0 saturated heterocycles. The SMILES string of the molecule is COS(=O)(=O)c1cc2cc(S(=O)(=O)O)c(N=Nc3ccccc3)c(O)c2c(N)c1N=Nc1ccc(N=O)cc1. The summed E-state index contributed by atoms with van der Waals surface area (Å²) in [7, 11) is -8.60. The predicted octanol–water partition coefficient (Wildman–Crippen LogP) is 5.94. The zero-order valence-electron chi connectivity index (χ0n) is 19.8. The van der Waals surface area contributed by atoms with Gasteiger partial charge in [0.1, 0.15) is 26.9 Å². The van der Waals surface area contributed by atoms with Crippen LogP contribution in [-0.4, -0.2) is 33.6 Å². The Hall–Kier alpha value is -4.64. The molecule has 0 unspecified atom stereocenters. The molecule has 16 heteroatoms. The predicted molar refractivity (Wildman–Crippen MR) is 141 cm³/mol. The first-order valence-corrected chi connectivity index (χ1v) is 13.5. The number of phenols is 1. The zero-order valence-corrected chi connectivity index (χ0v) is 21.5. The molecule has 0 saturated carbocycles. The van der Waals surface area contributed by atoms with Crippen molar-refractivity contribution in [2.75, 3.05) is 12.8 Å². The number of azo groups is 2. The molecule has 0 aliphatic heterocycles. The number of nitrogen functional groups attached to an aromatic ring is 1. The smallest absolute Gasteiger partial charge is 0.299 e. The van der Waals surface area contributed by atoms with Gasteiger partial charge in [-0.05, 0) is 59.1 Å². The Bertz CT molecular complexity index is 1860. The van der Waals surface area contributed by atoms with E-state index in [1.807, 2.05) is 0 Å². The molecule has 0 bridgehead atoms. The third-order valence-corrected chi connectivity index (χ3v) is 7.48. The Labute approximate surface area is 221 Å². The monoisotopic (exact) mass is 570 g/mol. The van der Waals surface area contributed by atoms with Crippen LogP contribution in [0.15, 0.2) is 102 Å². The fourth-order valence-corrected chi connectivity index (χ4v) is 4.97. The van der Waals surface area contributed by atoms with Crippen molar-refractivity contribution in [3.8, 4) is 5.75 Å². The number of phenolic OH excluding ortho intramolecular Hbond substituents is 1. The van der Waals surface area contributed by atoms with Crippen LogP contribution in [-0.2, 0) is 24.4 Å². The highest BCUT2D eigenvalue weighted by molar-refractivity contribution is 7.87. The lowest BCUT2D eigenvalue weighted by atomic mass is 10.1. The summed E-state index contributed by atoms with van der Waals surface area (Å²) in [5.74, 6) is -0.823. The molecule has 4 rings (SSSR count). The maximum absolute atomic E-state index is 12.7. The van der Waals surface area contributed by atoms with Gasteiger partial charge in [-0.1, -0.05) is 18.2 Å². The van der Waals surface area contributed by atoms with Crippen molar-refractivity contribution in [1.29, 1.82) is 0 Å². The summed E-state index contributed by atoms with van der Waals surface area (Å²) in [6.07, 6.45) is 0. The number of rotatable bonds is 8. The van der Waals surface area contributed by atoms with Crippen molar-refractivity contribution in [2.24, 2.45) is 25.6 Å². The van der Waals surface area contributed by atoms with E-state index in [0.717, 1.165) is 19.2 Å². The van der Waals surface area contributed by atoms with Crippen LogP contribution in [0.4, 0.5) is 34.1 Å². The lowest BCUT2D eigenvalue weighted by molar-refractivity contribution is 0.398. The minimum absolute atomic E-state index is 0.124. The molecule has 14 nitrogen and oxygen atoms in total. The summed E-state index contributed by atoms with van der Waals surface area (Å²) in [5, 5.41) is 29.0. The molecular weight excluding hydrogens is 552 g/mol. The standard InChI is InChI=1S/C23H18N6O8S2/c1-37-39(35,36)18-12-13-11-17(38(32,33)34)22(28-25-14-5-3-2-4-6-14)23(30)19(13)20(24)21(18)27-26-15-7-9-16(29-31)10-8-15/h2-12,30H,24H2,1H3,(H,32,33,34). The van der Waals surface area contributed by atoms with Gasteiger partial charge in [-0.25, -0.2) is 0 Å². The summed E-state index contributed by atoms with van der Waals surface area (Å²) >= 11 is 0. The molecule has 0 fully saturated rings. The van der Waals surface area contributed by atoms with E-state index in [-0.39, 0.29) is 22.1 Å². The first-order chi connectivity index (χ1) is 18.5. The molecule has 0 spiro atoms. The van der Waals surface area contributed by atoms with Crippen LogP contribution < -0.4 is 5.73 Å². The molecule has 4 aromatic rings. The minimum Gasteiger partial charge on any atom is -0.505 e. The number of nitrogens with zero attached hydrogens (tertiary/aromatic N) is 5. The molecule has 0 aliphatic carbocycles. The third kappa shape index (κ3) is 5.63. The molecule has 0 aliphatic rings. The topological polar surface area (TPSA) is 223 Å². The fraction of sp³-hybridized carbons (Fsp3) is 0.0435. The average molecular weight is 571 g/mol.